The van der Waals surface area contributed by atoms with Gasteiger partial charge in [-0.05, 0) is 38.5 Å². The van der Waals surface area contributed by atoms with Crippen LogP contribution < -0.4 is 5.32 Å². The van der Waals surface area contributed by atoms with Crippen molar-refractivity contribution in [1.29, 1.82) is 0 Å². The highest BCUT2D eigenvalue weighted by Crippen LogP contribution is 2.16. The van der Waals surface area contributed by atoms with Gasteiger partial charge in [0.05, 0.1) is 0 Å². The predicted molar refractivity (Wildman–Crippen MR) is 85.1 cm³/mol. The van der Waals surface area contributed by atoms with Gasteiger partial charge < -0.3 is 20.3 Å². The van der Waals surface area contributed by atoms with Crippen molar-refractivity contribution in [3.63, 3.8) is 0 Å². The van der Waals surface area contributed by atoms with E-state index in [9.17, 15) is 14.7 Å². The molecule has 22 heavy (non-hydrogen) atoms. The number of amides is 1. The molecule has 1 unspecified atom stereocenters. The lowest BCUT2D eigenvalue weighted by Gasteiger charge is -2.21. The van der Waals surface area contributed by atoms with E-state index in [0.29, 0.717) is 5.75 Å². The predicted octanol–water partition coefficient (Wildman–Crippen LogP) is 2.60. The van der Waals surface area contributed by atoms with Crippen molar-refractivity contribution in [2.45, 2.75) is 38.2 Å². The highest BCUT2D eigenvalue weighted by Gasteiger charge is 2.23. The SMILES string of the molecule is CC(C)(C)OC(=O)NC(CSCc1ccc(O)cc1)C(=O)O. The second-order valence-electron chi connectivity index (χ2n) is 5.72. The summed E-state index contributed by atoms with van der Waals surface area (Å²) < 4.78 is 5.05. The lowest BCUT2D eigenvalue weighted by Crippen LogP contribution is -2.44. The van der Waals surface area contributed by atoms with Crippen LogP contribution in [0.2, 0.25) is 0 Å². The van der Waals surface area contributed by atoms with Gasteiger partial charge in [0.25, 0.3) is 0 Å². The van der Waals surface area contributed by atoms with Gasteiger partial charge in [-0.2, -0.15) is 11.8 Å². The maximum absolute atomic E-state index is 11.6. The second-order valence-corrected chi connectivity index (χ2v) is 6.75. The number of hydrogen-bond donors (Lipinski definition) is 3. The summed E-state index contributed by atoms with van der Waals surface area (Å²) in [5.74, 6) is -0.122. The van der Waals surface area contributed by atoms with Crippen LogP contribution in [0, 0.1) is 0 Å². The molecular weight excluding hydrogens is 306 g/mol. The van der Waals surface area contributed by atoms with Crippen molar-refractivity contribution in [1.82, 2.24) is 5.32 Å². The molecule has 0 bridgehead atoms. The van der Waals surface area contributed by atoms with Gasteiger partial charge in [0.2, 0.25) is 0 Å². The molecule has 7 heteroatoms. The number of carboxylic acids is 1. The van der Waals surface area contributed by atoms with Crippen LogP contribution in [0.1, 0.15) is 26.3 Å². The minimum absolute atomic E-state index is 0.184. The second kappa shape index (κ2) is 7.93. The summed E-state index contributed by atoms with van der Waals surface area (Å²) in [6.45, 7) is 5.13. The zero-order chi connectivity index (χ0) is 16.8. The fourth-order valence-corrected chi connectivity index (χ4v) is 2.52. The highest BCUT2D eigenvalue weighted by atomic mass is 32.2. The number of carbonyl (C=O) groups is 2. The van der Waals surface area contributed by atoms with Gasteiger partial charge in [0, 0.05) is 11.5 Å². The third-order valence-corrected chi connectivity index (χ3v) is 3.59. The molecule has 1 amide bonds. The maximum atomic E-state index is 11.6. The van der Waals surface area contributed by atoms with E-state index in [1.807, 2.05) is 0 Å². The zero-order valence-electron chi connectivity index (χ0n) is 12.8. The van der Waals surface area contributed by atoms with Crippen LogP contribution in [0.25, 0.3) is 0 Å². The third-order valence-electron chi connectivity index (χ3n) is 2.48. The van der Waals surface area contributed by atoms with Crippen molar-refractivity contribution in [3.8, 4) is 5.75 Å². The minimum Gasteiger partial charge on any atom is -0.508 e. The Balaban J connectivity index is 2.46. The van der Waals surface area contributed by atoms with E-state index in [4.69, 9.17) is 9.84 Å². The largest absolute Gasteiger partial charge is 0.508 e. The number of carboxylic acid groups (broad SMARTS) is 1. The number of rotatable bonds is 6. The van der Waals surface area contributed by atoms with Gasteiger partial charge >= 0.3 is 12.1 Å². The standard InChI is InChI=1S/C15H21NO5S/c1-15(2,3)21-14(20)16-12(13(18)19)9-22-8-10-4-6-11(17)7-5-10/h4-7,12,17H,8-9H2,1-3H3,(H,16,20)(H,18,19). The van der Waals surface area contributed by atoms with Gasteiger partial charge in [-0.25, -0.2) is 9.59 Å². The quantitative estimate of drug-likeness (QED) is 0.743. The molecule has 3 N–H and O–H groups in total. The zero-order valence-corrected chi connectivity index (χ0v) is 13.6. The number of hydrogen-bond acceptors (Lipinski definition) is 5. The number of phenolic OH excluding ortho intramolecular Hbond substituents is 1. The topological polar surface area (TPSA) is 95.9 Å². The Labute approximate surface area is 133 Å². The number of ether oxygens (including phenoxy) is 1. The molecule has 0 aromatic heterocycles. The summed E-state index contributed by atoms with van der Waals surface area (Å²) >= 11 is 1.38. The monoisotopic (exact) mass is 327 g/mol. The van der Waals surface area contributed by atoms with Crippen LogP contribution in [0.15, 0.2) is 24.3 Å². The smallest absolute Gasteiger partial charge is 0.408 e. The van der Waals surface area contributed by atoms with Crippen molar-refractivity contribution >= 4 is 23.8 Å². The molecule has 0 aliphatic rings. The number of phenols is 1. The molecule has 0 radical (unpaired) electrons. The molecule has 0 aliphatic heterocycles. The van der Waals surface area contributed by atoms with Crippen molar-refractivity contribution in [2.24, 2.45) is 0 Å². The van der Waals surface area contributed by atoms with Crippen LogP contribution in [0.5, 0.6) is 5.75 Å². The average molecular weight is 327 g/mol. The van der Waals surface area contributed by atoms with E-state index in [1.165, 1.54) is 11.8 Å². The summed E-state index contributed by atoms with van der Waals surface area (Å²) in [4.78, 5) is 22.8. The summed E-state index contributed by atoms with van der Waals surface area (Å²) in [6.07, 6.45) is -0.745. The molecule has 0 saturated heterocycles. The van der Waals surface area contributed by atoms with Crippen molar-refractivity contribution in [2.75, 3.05) is 5.75 Å². The molecule has 6 nitrogen and oxygen atoms in total. The summed E-state index contributed by atoms with van der Waals surface area (Å²) in [6, 6.07) is 5.66. The number of carbonyl (C=O) groups excluding carboxylic acids is 1. The van der Waals surface area contributed by atoms with Crippen LogP contribution in [-0.2, 0) is 15.3 Å². The number of thioether (sulfide) groups is 1. The van der Waals surface area contributed by atoms with Gasteiger partial charge in [-0.15, -0.1) is 0 Å². The van der Waals surface area contributed by atoms with Gasteiger partial charge in [-0.3, -0.25) is 0 Å². The number of aliphatic carboxylic acids is 1. The van der Waals surface area contributed by atoms with Crippen LogP contribution in [-0.4, -0.2) is 39.7 Å². The van der Waals surface area contributed by atoms with E-state index in [1.54, 1.807) is 45.0 Å². The molecule has 122 valence electrons. The van der Waals surface area contributed by atoms with E-state index in [0.717, 1.165) is 5.56 Å². The molecule has 0 spiro atoms. The summed E-state index contributed by atoms with van der Waals surface area (Å²) in [7, 11) is 0. The van der Waals surface area contributed by atoms with Gasteiger partial charge in [-0.1, -0.05) is 12.1 Å². The van der Waals surface area contributed by atoms with Crippen molar-refractivity contribution < 1.29 is 24.5 Å². The number of nitrogens with one attached hydrogen (secondary N) is 1. The fourth-order valence-electron chi connectivity index (χ4n) is 1.51. The van der Waals surface area contributed by atoms with E-state index >= 15 is 0 Å². The fraction of sp³-hybridized carbons (Fsp3) is 0.467. The Morgan fingerprint density at radius 1 is 1.27 bits per heavy atom. The molecule has 1 aromatic rings. The Morgan fingerprint density at radius 3 is 2.36 bits per heavy atom. The Hall–Kier alpha value is -1.89. The summed E-state index contributed by atoms with van der Waals surface area (Å²) in [5.41, 5.74) is 0.288. The van der Waals surface area contributed by atoms with E-state index < -0.39 is 23.7 Å². The first-order valence-corrected chi connectivity index (χ1v) is 7.91. The number of aromatic hydroxyl groups is 1. The Kier molecular flexibility index (Phi) is 6.55. The molecule has 0 aliphatic carbocycles. The molecule has 1 atom stereocenters. The van der Waals surface area contributed by atoms with E-state index in [2.05, 4.69) is 5.32 Å². The number of alkyl carbamates (subject to hydrolysis) is 1. The normalized spacial score (nSPS) is 12.5. The molecular formula is C15H21NO5S. The first kappa shape index (κ1) is 18.2. The van der Waals surface area contributed by atoms with Crippen LogP contribution in [0.3, 0.4) is 0 Å². The lowest BCUT2D eigenvalue weighted by atomic mass is 10.2. The summed E-state index contributed by atoms with van der Waals surface area (Å²) in [5, 5.41) is 20.7. The first-order chi connectivity index (χ1) is 10.2. The minimum atomic E-state index is -1.11. The lowest BCUT2D eigenvalue weighted by molar-refractivity contribution is -0.138. The molecule has 1 aromatic carbocycles. The third kappa shape index (κ3) is 7.21. The first-order valence-electron chi connectivity index (χ1n) is 6.75. The van der Waals surface area contributed by atoms with Gasteiger partial charge in [0.15, 0.2) is 0 Å². The molecule has 1 rings (SSSR count). The molecule has 0 saturated carbocycles. The molecule has 0 heterocycles. The van der Waals surface area contributed by atoms with E-state index in [-0.39, 0.29) is 11.5 Å². The highest BCUT2D eigenvalue weighted by molar-refractivity contribution is 7.98. The van der Waals surface area contributed by atoms with Gasteiger partial charge in [0.1, 0.15) is 17.4 Å². The van der Waals surface area contributed by atoms with Crippen LogP contribution >= 0.6 is 11.8 Å². The number of benzene rings is 1. The van der Waals surface area contributed by atoms with Crippen molar-refractivity contribution in [3.05, 3.63) is 29.8 Å². The average Bonchev–Trinajstić information content (AvgIpc) is 2.37. The Morgan fingerprint density at radius 2 is 1.86 bits per heavy atom. The molecule has 0 fully saturated rings. The van der Waals surface area contributed by atoms with Crippen LogP contribution in [0.4, 0.5) is 4.79 Å². The Bertz CT molecular complexity index is 510. The maximum Gasteiger partial charge on any atom is 0.408 e.